The summed E-state index contributed by atoms with van der Waals surface area (Å²) in [5.41, 5.74) is 0. The molecular weight excluding hydrogens is 242 g/mol. The fraction of sp³-hybridized carbons (Fsp3) is 1.00. The van der Waals surface area contributed by atoms with Gasteiger partial charge in [0.2, 0.25) is 0 Å². The molecule has 0 saturated carbocycles. The Labute approximate surface area is 125 Å². The molecule has 0 aromatic heterocycles. The molecule has 2 radical (unpaired) electrons. The second kappa shape index (κ2) is 8.03. The Morgan fingerprint density at radius 2 is 1.08 bits per heavy atom. The van der Waals surface area contributed by atoms with E-state index in [1.54, 1.807) is 0 Å². The van der Waals surface area contributed by atoms with Gasteiger partial charge >= 0.3 is 0 Å². The Morgan fingerprint density at radius 1 is 0.846 bits per heavy atom. The van der Waals surface area contributed by atoms with Crippen molar-refractivity contribution in [3.8, 4) is 0 Å². The minimum Gasteiger partial charge on any atom is -0.286 e. The molecule has 0 atom stereocenters. The van der Waals surface area contributed by atoms with Gasteiger partial charge in [0.25, 0.3) is 20.2 Å². The zero-order valence-corrected chi connectivity index (χ0v) is 13.1. The van der Waals surface area contributed by atoms with E-state index in [4.69, 9.17) is 9.11 Å². The van der Waals surface area contributed by atoms with Crippen LogP contribution >= 0.6 is 0 Å². The summed E-state index contributed by atoms with van der Waals surface area (Å²) >= 11 is 0. The van der Waals surface area contributed by atoms with Crippen LogP contribution in [0.4, 0.5) is 0 Å². The molecule has 0 aliphatic carbocycles. The van der Waals surface area contributed by atoms with Crippen molar-refractivity contribution < 1.29 is 28.8 Å². The molecule has 0 aromatic rings. The van der Waals surface area contributed by atoms with Crippen LogP contribution in [0.5, 0.6) is 0 Å². The van der Waals surface area contributed by atoms with Crippen molar-refractivity contribution in [2.75, 3.05) is 11.5 Å². The molecule has 0 unspecified atom stereocenters. The molecule has 0 fully saturated rings. The summed E-state index contributed by atoms with van der Waals surface area (Å²) in [6, 6.07) is 0. The van der Waals surface area contributed by atoms with Crippen LogP contribution in [0.1, 0.15) is 9.27 Å². The molecule has 0 aliphatic heterocycles. The van der Waals surface area contributed by atoms with Crippen molar-refractivity contribution in [2.24, 2.45) is 0 Å². The Kier molecular flexibility index (Phi) is 12.5. The minimum absolute atomic E-state index is 0. The van der Waals surface area contributed by atoms with Gasteiger partial charge in [-0.1, -0.05) is 0 Å². The van der Waals surface area contributed by atoms with E-state index in [1.807, 2.05) is 0 Å². The normalized spacial score (nSPS) is 11.2. The summed E-state index contributed by atoms with van der Waals surface area (Å²) < 4.78 is 56.2. The first kappa shape index (κ1) is 20.3. The van der Waals surface area contributed by atoms with Crippen molar-refractivity contribution in [2.45, 2.75) is 6.42 Å². The third-order valence-corrected chi connectivity index (χ3v) is 2.41. The Balaban J connectivity index is -0.0000000833. The van der Waals surface area contributed by atoms with Gasteiger partial charge in [-0.05, 0) is 6.42 Å². The molecule has 13 heavy (non-hydrogen) atoms. The number of rotatable bonds is 4. The van der Waals surface area contributed by atoms with E-state index in [9.17, 15) is 16.8 Å². The summed E-state index contributed by atoms with van der Waals surface area (Å²) in [7, 11) is -8.24. The topological polar surface area (TPSA) is 109 Å². The molecule has 10 heteroatoms. The largest absolute Gasteiger partial charge is 0.286 e. The van der Waals surface area contributed by atoms with E-state index in [0.717, 1.165) is 0 Å². The molecule has 2 N–H and O–H groups in total. The molecule has 0 heterocycles. The van der Waals surface area contributed by atoms with Crippen LogP contribution in [-0.2, 0) is 20.2 Å². The summed E-state index contributed by atoms with van der Waals surface area (Å²) in [6.45, 7) is 0. The average Bonchev–Trinajstić information content (AvgIpc) is 1.55. The first-order valence-corrected chi connectivity index (χ1v) is 5.83. The molecular formula is C3H12Na2O6S2. The third kappa shape index (κ3) is 20.0. The predicted octanol–water partition coefficient (Wildman–Crippen LogP) is -1.12. The zero-order valence-electron chi connectivity index (χ0n) is 7.47. The average molecular weight is 254 g/mol. The minimum atomic E-state index is -4.12. The summed E-state index contributed by atoms with van der Waals surface area (Å²) in [5, 5.41) is 0. The van der Waals surface area contributed by atoms with E-state index >= 15 is 0 Å². The summed E-state index contributed by atoms with van der Waals surface area (Å²) in [6.07, 6.45) is -0.308. The third-order valence-electron chi connectivity index (χ3n) is 0.805. The van der Waals surface area contributed by atoms with Gasteiger partial charge in [0.05, 0.1) is 11.5 Å². The molecule has 0 aromatic carbocycles. The van der Waals surface area contributed by atoms with Crippen LogP contribution < -0.4 is 0 Å². The van der Waals surface area contributed by atoms with Gasteiger partial charge in [0, 0.05) is 62.0 Å². The second-order valence-electron chi connectivity index (χ2n) is 1.93. The molecule has 6 nitrogen and oxygen atoms in total. The van der Waals surface area contributed by atoms with Crippen LogP contribution in [0.2, 0.25) is 0 Å². The fourth-order valence-electron chi connectivity index (χ4n) is 0.424. The second-order valence-corrected chi connectivity index (χ2v) is 5.07. The van der Waals surface area contributed by atoms with E-state index in [2.05, 4.69) is 0 Å². The van der Waals surface area contributed by atoms with Crippen LogP contribution in [0.3, 0.4) is 0 Å². The molecule has 0 amide bonds. The standard InChI is InChI=1S/C3H8O6S2.2Na.2H2/c4-10(5,6)2-1-3-11(7,8)9;;;;/h1-3H2,(H,4,5,6)(H,7,8,9);;;2*1H. The number of hydrogen-bond donors (Lipinski definition) is 2. The molecule has 0 spiro atoms. The molecule has 0 saturated heterocycles. The first-order valence-electron chi connectivity index (χ1n) is 2.61. The van der Waals surface area contributed by atoms with Crippen LogP contribution in [0, 0.1) is 0 Å². The molecule has 0 bridgehead atoms. The van der Waals surface area contributed by atoms with Crippen molar-refractivity contribution in [3.05, 3.63) is 0 Å². The van der Waals surface area contributed by atoms with Crippen LogP contribution in [0.25, 0.3) is 0 Å². The maximum absolute atomic E-state index is 10.00. The zero-order chi connectivity index (χ0) is 9.12. The summed E-state index contributed by atoms with van der Waals surface area (Å²) in [4.78, 5) is 0. The van der Waals surface area contributed by atoms with Gasteiger partial charge < -0.3 is 0 Å². The monoisotopic (exact) mass is 254 g/mol. The van der Waals surface area contributed by atoms with Crippen molar-refractivity contribution in [1.82, 2.24) is 0 Å². The molecule has 0 aliphatic rings. The van der Waals surface area contributed by atoms with Gasteiger partial charge in [-0.15, -0.1) is 0 Å². The molecule has 0 rings (SSSR count). The first-order chi connectivity index (χ1) is 4.71. The van der Waals surface area contributed by atoms with E-state index in [1.165, 1.54) is 0 Å². The Bertz CT molecular complexity index is 281. The van der Waals surface area contributed by atoms with Gasteiger partial charge in [-0.2, -0.15) is 16.8 Å². The Hall–Kier alpha value is 1.82. The quantitative estimate of drug-likeness (QED) is 0.486. The van der Waals surface area contributed by atoms with E-state index in [-0.39, 0.29) is 68.4 Å². The maximum Gasteiger partial charge on any atom is 0.264 e. The van der Waals surface area contributed by atoms with E-state index in [0.29, 0.717) is 0 Å². The van der Waals surface area contributed by atoms with Crippen molar-refractivity contribution in [1.29, 1.82) is 0 Å². The van der Waals surface area contributed by atoms with Crippen LogP contribution in [0.15, 0.2) is 0 Å². The predicted molar refractivity (Wildman–Crippen MR) is 53.2 cm³/mol. The SMILES string of the molecule is O=S(=O)(O)CCCS(=O)(=O)O.[HH].[HH].[Na].[Na]. The van der Waals surface area contributed by atoms with E-state index < -0.39 is 31.7 Å². The smallest absolute Gasteiger partial charge is 0.264 e. The van der Waals surface area contributed by atoms with Gasteiger partial charge in [0.15, 0.2) is 0 Å². The number of hydrogen-bond acceptors (Lipinski definition) is 4. The summed E-state index contributed by atoms with van der Waals surface area (Å²) in [5.74, 6) is -1.32. The van der Waals surface area contributed by atoms with Gasteiger partial charge in [-0.25, -0.2) is 0 Å². The van der Waals surface area contributed by atoms with Gasteiger partial charge in [-0.3, -0.25) is 9.11 Å². The van der Waals surface area contributed by atoms with Crippen molar-refractivity contribution in [3.63, 3.8) is 0 Å². The molecule has 74 valence electrons. The fourth-order valence-corrected chi connectivity index (χ4v) is 1.62. The Morgan fingerprint density at radius 3 is 1.23 bits per heavy atom. The van der Waals surface area contributed by atoms with Crippen LogP contribution in [-0.4, -0.2) is 96.6 Å². The maximum atomic E-state index is 10.00. The van der Waals surface area contributed by atoms with Crippen molar-refractivity contribution >= 4 is 79.4 Å². The van der Waals surface area contributed by atoms with Gasteiger partial charge in [0.1, 0.15) is 0 Å².